The van der Waals surface area contributed by atoms with Crippen molar-refractivity contribution in [3.8, 4) is 16.9 Å². The Balaban J connectivity index is 2.11. The third kappa shape index (κ3) is 1.86. The van der Waals surface area contributed by atoms with Gasteiger partial charge in [-0.3, -0.25) is 0 Å². The smallest absolute Gasteiger partial charge is 0.150 e. The van der Waals surface area contributed by atoms with Crippen LogP contribution in [0.4, 0.5) is 5.69 Å². The lowest BCUT2D eigenvalue weighted by molar-refractivity contribution is 0.324. The molecule has 2 aromatic rings. The first-order valence-electron chi connectivity index (χ1n) is 5.91. The van der Waals surface area contributed by atoms with Gasteiger partial charge in [-0.1, -0.05) is 42.0 Å². The van der Waals surface area contributed by atoms with Crippen LogP contribution in [0.25, 0.3) is 11.1 Å². The third-order valence-electron chi connectivity index (χ3n) is 3.04. The van der Waals surface area contributed by atoms with Gasteiger partial charge in [0, 0.05) is 12.1 Å². The van der Waals surface area contributed by atoms with Gasteiger partial charge in [0.25, 0.3) is 0 Å². The van der Waals surface area contributed by atoms with E-state index in [1.807, 2.05) is 0 Å². The van der Waals surface area contributed by atoms with E-state index in [1.165, 1.54) is 11.1 Å². The molecule has 86 valence electrons. The number of rotatable bonds is 1. The summed E-state index contributed by atoms with van der Waals surface area (Å²) in [5, 5.41) is 3.36. The molecule has 0 saturated heterocycles. The first-order valence-corrected chi connectivity index (χ1v) is 5.91. The molecule has 0 bridgehead atoms. The lowest BCUT2D eigenvalue weighted by Crippen LogP contribution is -2.18. The first-order chi connectivity index (χ1) is 8.34. The molecule has 0 amide bonds. The number of nitrogens with one attached hydrogen (secondary N) is 1. The molecule has 0 aliphatic carbocycles. The zero-order chi connectivity index (χ0) is 11.7. The minimum absolute atomic E-state index is 0.732. The van der Waals surface area contributed by atoms with Crippen LogP contribution >= 0.6 is 0 Å². The molecule has 3 rings (SSSR count). The molecule has 2 aromatic carbocycles. The molecule has 1 aliphatic heterocycles. The number of hydrogen-bond donors (Lipinski definition) is 1. The molecule has 2 heteroatoms. The van der Waals surface area contributed by atoms with Crippen molar-refractivity contribution < 1.29 is 4.74 Å². The highest BCUT2D eigenvalue weighted by Crippen LogP contribution is 2.37. The highest BCUT2D eigenvalue weighted by Gasteiger charge is 2.14. The molecule has 1 heterocycles. The van der Waals surface area contributed by atoms with E-state index in [-0.39, 0.29) is 0 Å². The molecule has 0 spiro atoms. The van der Waals surface area contributed by atoms with Crippen molar-refractivity contribution in [1.82, 2.24) is 0 Å². The maximum absolute atomic E-state index is 5.78. The monoisotopic (exact) mass is 225 g/mol. The number of hydrogen-bond acceptors (Lipinski definition) is 2. The van der Waals surface area contributed by atoms with Crippen LogP contribution in [-0.4, -0.2) is 13.2 Å². The van der Waals surface area contributed by atoms with Gasteiger partial charge in [0.1, 0.15) is 12.4 Å². The maximum Gasteiger partial charge on any atom is 0.150 e. The second-order valence-corrected chi connectivity index (χ2v) is 4.32. The van der Waals surface area contributed by atoms with Gasteiger partial charge in [-0.25, -0.2) is 0 Å². The van der Waals surface area contributed by atoms with Crippen LogP contribution in [0.1, 0.15) is 5.56 Å². The Morgan fingerprint density at radius 3 is 2.71 bits per heavy atom. The number of ether oxygens (including phenoxy) is 1. The molecular formula is C15H15NO. The fourth-order valence-electron chi connectivity index (χ4n) is 2.13. The summed E-state index contributed by atoms with van der Waals surface area (Å²) in [6.45, 7) is 3.71. The summed E-state index contributed by atoms with van der Waals surface area (Å²) >= 11 is 0. The number of fused-ring (bicyclic) bond motifs is 1. The van der Waals surface area contributed by atoms with Crippen LogP contribution in [0.2, 0.25) is 0 Å². The normalized spacial score (nSPS) is 13.5. The van der Waals surface area contributed by atoms with E-state index in [0.717, 1.165) is 30.2 Å². The first kappa shape index (κ1) is 10.2. The minimum atomic E-state index is 0.732. The number of aryl methyl sites for hydroxylation is 1. The zero-order valence-electron chi connectivity index (χ0n) is 9.86. The maximum atomic E-state index is 5.78. The second-order valence-electron chi connectivity index (χ2n) is 4.32. The van der Waals surface area contributed by atoms with Crippen LogP contribution in [-0.2, 0) is 0 Å². The van der Waals surface area contributed by atoms with Gasteiger partial charge in [-0.15, -0.1) is 0 Å². The Bertz CT molecular complexity index is 531. The Kier molecular flexibility index (Phi) is 2.48. The van der Waals surface area contributed by atoms with Crippen molar-refractivity contribution in [3.05, 3.63) is 48.0 Å². The third-order valence-corrected chi connectivity index (χ3v) is 3.04. The van der Waals surface area contributed by atoms with Gasteiger partial charge in [-0.05, 0) is 18.6 Å². The molecule has 1 aliphatic rings. The summed E-state index contributed by atoms with van der Waals surface area (Å²) in [5.41, 5.74) is 4.73. The molecular weight excluding hydrogens is 210 g/mol. The second kappa shape index (κ2) is 4.13. The molecule has 0 saturated carbocycles. The number of para-hydroxylation sites is 1. The summed E-state index contributed by atoms with van der Waals surface area (Å²) in [5.74, 6) is 0.975. The van der Waals surface area contributed by atoms with Gasteiger partial charge in [0.15, 0.2) is 0 Å². The number of anilines is 1. The van der Waals surface area contributed by atoms with E-state index in [4.69, 9.17) is 4.74 Å². The quantitative estimate of drug-likeness (QED) is 0.802. The van der Waals surface area contributed by atoms with Crippen LogP contribution in [0.3, 0.4) is 0 Å². The SMILES string of the molecule is Cc1ccc(-c2cccc3c2OCCN3)cc1. The van der Waals surface area contributed by atoms with E-state index in [0.29, 0.717) is 0 Å². The average Bonchev–Trinajstić information content (AvgIpc) is 2.39. The Morgan fingerprint density at radius 1 is 1.06 bits per heavy atom. The molecule has 1 N–H and O–H groups in total. The van der Waals surface area contributed by atoms with Crippen molar-refractivity contribution in [3.63, 3.8) is 0 Å². The molecule has 0 radical (unpaired) electrons. The molecule has 0 unspecified atom stereocenters. The van der Waals surface area contributed by atoms with E-state index < -0.39 is 0 Å². The summed E-state index contributed by atoms with van der Waals surface area (Å²) in [6.07, 6.45) is 0. The Hall–Kier alpha value is -1.96. The topological polar surface area (TPSA) is 21.3 Å². The zero-order valence-corrected chi connectivity index (χ0v) is 9.86. The van der Waals surface area contributed by atoms with Crippen molar-refractivity contribution >= 4 is 5.69 Å². The summed E-state index contributed by atoms with van der Waals surface area (Å²) in [7, 11) is 0. The van der Waals surface area contributed by atoms with Crippen LogP contribution in [0, 0.1) is 6.92 Å². The van der Waals surface area contributed by atoms with Crippen LogP contribution in [0.15, 0.2) is 42.5 Å². The lowest BCUT2D eigenvalue weighted by atomic mass is 10.0. The van der Waals surface area contributed by atoms with Gasteiger partial charge >= 0.3 is 0 Å². The van der Waals surface area contributed by atoms with Gasteiger partial charge in [-0.2, -0.15) is 0 Å². The van der Waals surface area contributed by atoms with E-state index >= 15 is 0 Å². The highest BCUT2D eigenvalue weighted by molar-refractivity contribution is 5.78. The number of benzene rings is 2. The Morgan fingerprint density at radius 2 is 1.88 bits per heavy atom. The van der Waals surface area contributed by atoms with Crippen molar-refractivity contribution in [2.75, 3.05) is 18.5 Å². The van der Waals surface area contributed by atoms with Gasteiger partial charge in [0.05, 0.1) is 5.69 Å². The molecule has 0 atom stereocenters. The molecule has 2 nitrogen and oxygen atoms in total. The minimum Gasteiger partial charge on any atom is -0.489 e. The Labute approximate surface area is 101 Å². The highest BCUT2D eigenvalue weighted by atomic mass is 16.5. The van der Waals surface area contributed by atoms with Crippen molar-refractivity contribution in [1.29, 1.82) is 0 Å². The van der Waals surface area contributed by atoms with Gasteiger partial charge < -0.3 is 10.1 Å². The predicted octanol–water partition coefficient (Wildman–Crippen LogP) is 3.47. The molecule has 0 aromatic heterocycles. The predicted molar refractivity (Wildman–Crippen MR) is 70.6 cm³/mol. The van der Waals surface area contributed by atoms with E-state index in [9.17, 15) is 0 Å². The lowest BCUT2D eigenvalue weighted by Gasteiger charge is -2.21. The standard InChI is InChI=1S/C15H15NO/c1-11-5-7-12(8-6-11)13-3-2-4-14-15(13)17-10-9-16-14/h2-8,16H,9-10H2,1H3. The van der Waals surface area contributed by atoms with Crippen molar-refractivity contribution in [2.45, 2.75) is 6.92 Å². The summed E-state index contributed by atoms with van der Waals surface area (Å²) in [6, 6.07) is 14.8. The van der Waals surface area contributed by atoms with Crippen LogP contribution < -0.4 is 10.1 Å². The fourth-order valence-corrected chi connectivity index (χ4v) is 2.13. The summed E-state index contributed by atoms with van der Waals surface area (Å²) < 4.78 is 5.78. The van der Waals surface area contributed by atoms with E-state index in [2.05, 4.69) is 54.7 Å². The fraction of sp³-hybridized carbons (Fsp3) is 0.200. The van der Waals surface area contributed by atoms with Gasteiger partial charge in [0.2, 0.25) is 0 Å². The van der Waals surface area contributed by atoms with E-state index in [1.54, 1.807) is 0 Å². The van der Waals surface area contributed by atoms with Crippen molar-refractivity contribution in [2.24, 2.45) is 0 Å². The largest absolute Gasteiger partial charge is 0.489 e. The molecule has 17 heavy (non-hydrogen) atoms. The average molecular weight is 225 g/mol. The summed E-state index contributed by atoms with van der Waals surface area (Å²) in [4.78, 5) is 0. The molecule has 0 fully saturated rings. The van der Waals surface area contributed by atoms with Crippen LogP contribution in [0.5, 0.6) is 5.75 Å².